The highest BCUT2D eigenvalue weighted by Gasteiger charge is 2.32. The highest BCUT2D eigenvalue weighted by atomic mass is 16.5. The first-order valence-corrected chi connectivity index (χ1v) is 10.9. The molecule has 1 N–H and O–H groups in total. The highest BCUT2D eigenvalue weighted by Crippen LogP contribution is 2.41. The van der Waals surface area contributed by atoms with Crippen LogP contribution < -0.4 is 15.0 Å². The van der Waals surface area contributed by atoms with Crippen LogP contribution in [0.1, 0.15) is 40.2 Å². The number of hydrogen-bond acceptors (Lipinski definition) is 6. The minimum absolute atomic E-state index is 0.115. The van der Waals surface area contributed by atoms with Crippen LogP contribution in [0.25, 0.3) is 0 Å². The zero-order chi connectivity index (χ0) is 23.2. The number of aromatic nitrogens is 1. The van der Waals surface area contributed by atoms with Gasteiger partial charge in [0.25, 0.3) is 5.91 Å². The van der Waals surface area contributed by atoms with Crippen molar-refractivity contribution >= 4 is 23.4 Å². The molecule has 0 fully saturated rings. The molecule has 0 bridgehead atoms. The van der Waals surface area contributed by atoms with E-state index >= 15 is 0 Å². The Morgan fingerprint density at radius 1 is 1.09 bits per heavy atom. The average molecular weight is 446 g/mol. The lowest BCUT2D eigenvalue weighted by Gasteiger charge is -2.21. The lowest BCUT2D eigenvalue weighted by molar-refractivity contribution is -0.140. The molecule has 1 amide bonds. The van der Waals surface area contributed by atoms with Crippen molar-refractivity contribution in [1.82, 2.24) is 4.98 Å². The van der Waals surface area contributed by atoms with Gasteiger partial charge in [0, 0.05) is 37.3 Å². The molecule has 4 rings (SSSR count). The lowest BCUT2D eigenvalue weighted by atomic mass is 9.86. The van der Waals surface area contributed by atoms with E-state index in [1.54, 1.807) is 24.2 Å². The SMILES string of the molecule is COC(=O)CC1c2ccccc2C(=O)N(C)c2cc(OCCCNc3ccccn3)ccc21. The van der Waals surface area contributed by atoms with Gasteiger partial charge in [0.1, 0.15) is 11.6 Å². The Labute approximate surface area is 193 Å². The van der Waals surface area contributed by atoms with Crippen molar-refractivity contribution in [3.05, 3.63) is 83.6 Å². The lowest BCUT2D eigenvalue weighted by Crippen LogP contribution is -2.26. The first kappa shape index (κ1) is 22.3. The Balaban J connectivity index is 1.52. The minimum atomic E-state index is -0.321. The topological polar surface area (TPSA) is 80.8 Å². The summed E-state index contributed by atoms with van der Waals surface area (Å²) in [7, 11) is 3.13. The molecular formula is C26H27N3O4. The van der Waals surface area contributed by atoms with Crippen molar-refractivity contribution < 1.29 is 19.1 Å². The molecule has 1 aliphatic heterocycles. The van der Waals surface area contributed by atoms with Gasteiger partial charge in [-0.3, -0.25) is 9.59 Å². The predicted molar refractivity (Wildman–Crippen MR) is 127 cm³/mol. The average Bonchev–Trinajstić information content (AvgIpc) is 2.94. The first-order valence-electron chi connectivity index (χ1n) is 10.9. The number of methoxy groups -OCH3 is 1. The summed E-state index contributed by atoms with van der Waals surface area (Å²) in [6, 6.07) is 18.9. The normalized spacial score (nSPS) is 14.7. The van der Waals surface area contributed by atoms with Crippen molar-refractivity contribution in [3.63, 3.8) is 0 Å². The minimum Gasteiger partial charge on any atom is -0.493 e. The van der Waals surface area contributed by atoms with Crippen LogP contribution in [0.2, 0.25) is 0 Å². The summed E-state index contributed by atoms with van der Waals surface area (Å²) in [6.07, 6.45) is 2.69. The van der Waals surface area contributed by atoms with Crippen LogP contribution in [0.4, 0.5) is 11.5 Å². The molecule has 0 saturated heterocycles. The van der Waals surface area contributed by atoms with Gasteiger partial charge < -0.3 is 19.7 Å². The number of carbonyl (C=O) groups is 2. The molecule has 2 heterocycles. The summed E-state index contributed by atoms with van der Waals surface area (Å²) < 4.78 is 10.9. The summed E-state index contributed by atoms with van der Waals surface area (Å²) in [4.78, 5) is 31.3. The van der Waals surface area contributed by atoms with Gasteiger partial charge >= 0.3 is 5.97 Å². The molecule has 7 heteroatoms. The quantitative estimate of drug-likeness (QED) is 0.413. The third-order valence-corrected chi connectivity index (χ3v) is 5.77. The zero-order valence-electron chi connectivity index (χ0n) is 18.8. The highest BCUT2D eigenvalue weighted by molar-refractivity contribution is 6.08. The van der Waals surface area contributed by atoms with Crippen LogP contribution in [0.5, 0.6) is 5.75 Å². The summed E-state index contributed by atoms with van der Waals surface area (Å²) in [5.41, 5.74) is 3.04. The third-order valence-electron chi connectivity index (χ3n) is 5.77. The number of hydrogen-bond donors (Lipinski definition) is 1. The molecular weight excluding hydrogens is 418 g/mol. The smallest absolute Gasteiger partial charge is 0.306 e. The summed E-state index contributed by atoms with van der Waals surface area (Å²) in [5.74, 6) is 0.788. The first-order chi connectivity index (χ1) is 16.1. The Morgan fingerprint density at radius 3 is 2.70 bits per heavy atom. The standard InChI is InChI=1S/C26H27N3O4/c1-29-23-16-18(33-15-7-14-28-24-10-5-6-13-27-24)11-12-20(23)22(17-25(30)32-2)19-8-3-4-9-21(19)26(29)31/h3-6,8-13,16,22H,7,14-15,17H2,1-2H3,(H,27,28). The Kier molecular flexibility index (Phi) is 6.88. The van der Waals surface area contributed by atoms with Gasteiger partial charge in [0.2, 0.25) is 0 Å². The zero-order valence-corrected chi connectivity index (χ0v) is 18.8. The maximum Gasteiger partial charge on any atom is 0.306 e. The van der Waals surface area contributed by atoms with Gasteiger partial charge in [-0.2, -0.15) is 0 Å². The number of rotatable bonds is 8. The summed E-state index contributed by atoms with van der Waals surface area (Å²) in [5, 5.41) is 3.25. The molecule has 0 aliphatic carbocycles. The van der Waals surface area contributed by atoms with Gasteiger partial charge in [0.05, 0.1) is 25.8 Å². The van der Waals surface area contributed by atoms with Crippen molar-refractivity contribution in [3.8, 4) is 5.75 Å². The number of ether oxygens (including phenoxy) is 2. The van der Waals surface area contributed by atoms with Crippen LogP contribution in [0.3, 0.4) is 0 Å². The van der Waals surface area contributed by atoms with E-state index in [1.807, 2.05) is 54.6 Å². The van der Waals surface area contributed by atoms with Crippen molar-refractivity contribution in [1.29, 1.82) is 0 Å². The molecule has 2 aromatic carbocycles. The van der Waals surface area contributed by atoms with Gasteiger partial charge in [0.15, 0.2) is 0 Å². The molecule has 0 spiro atoms. The molecule has 170 valence electrons. The van der Waals surface area contributed by atoms with Gasteiger partial charge in [-0.05, 0) is 41.8 Å². The molecule has 0 radical (unpaired) electrons. The number of fused-ring (bicyclic) bond motifs is 2. The van der Waals surface area contributed by atoms with E-state index in [-0.39, 0.29) is 24.2 Å². The van der Waals surface area contributed by atoms with Crippen molar-refractivity contribution in [2.45, 2.75) is 18.8 Å². The predicted octanol–water partition coefficient (Wildman–Crippen LogP) is 4.25. The second-order valence-electron chi connectivity index (χ2n) is 7.85. The number of nitrogens with one attached hydrogen (secondary N) is 1. The van der Waals surface area contributed by atoms with Crippen molar-refractivity contribution in [2.24, 2.45) is 0 Å². The summed E-state index contributed by atoms with van der Waals surface area (Å²) in [6.45, 7) is 1.25. The van der Waals surface area contributed by atoms with E-state index in [2.05, 4.69) is 10.3 Å². The fourth-order valence-electron chi connectivity index (χ4n) is 4.07. The molecule has 7 nitrogen and oxygen atoms in total. The van der Waals surface area contributed by atoms with E-state index in [1.165, 1.54) is 7.11 Å². The van der Waals surface area contributed by atoms with Crippen molar-refractivity contribution in [2.75, 3.05) is 37.5 Å². The maximum atomic E-state index is 13.2. The van der Waals surface area contributed by atoms with Gasteiger partial charge in [-0.1, -0.05) is 30.3 Å². The number of esters is 1. The van der Waals surface area contributed by atoms with E-state index in [9.17, 15) is 9.59 Å². The van der Waals surface area contributed by atoms with Crippen LogP contribution in [-0.4, -0.2) is 44.2 Å². The molecule has 0 saturated carbocycles. The van der Waals surface area contributed by atoms with Gasteiger partial charge in [-0.15, -0.1) is 0 Å². The third kappa shape index (κ3) is 4.98. The number of pyridine rings is 1. The number of amides is 1. The van der Waals surface area contributed by atoms with Crippen LogP contribution in [0, 0.1) is 0 Å². The number of nitrogens with zero attached hydrogens (tertiary/aromatic N) is 2. The molecule has 1 aromatic heterocycles. The van der Waals surface area contributed by atoms with E-state index in [0.29, 0.717) is 17.9 Å². The maximum absolute atomic E-state index is 13.2. The van der Waals surface area contributed by atoms with Crippen LogP contribution in [-0.2, 0) is 9.53 Å². The second kappa shape index (κ2) is 10.2. The fourth-order valence-corrected chi connectivity index (χ4v) is 4.07. The Morgan fingerprint density at radius 2 is 1.91 bits per heavy atom. The molecule has 1 atom stereocenters. The Bertz CT molecular complexity index is 1130. The number of anilines is 2. The van der Waals surface area contributed by atoms with E-state index in [4.69, 9.17) is 9.47 Å². The molecule has 1 unspecified atom stereocenters. The molecule has 3 aromatic rings. The van der Waals surface area contributed by atoms with Gasteiger partial charge in [-0.25, -0.2) is 4.98 Å². The second-order valence-corrected chi connectivity index (χ2v) is 7.85. The molecule has 33 heavy (non-hydrogen) atoms. The largest absolute Gasteiger partial charge is 0.493 e. The van der Waals surface area contributed by atoms with E-state index < -0.39 is 0 Å². The monoisotopic (exact) mass is 445 g/mol. The van der Waals surface area contributed by atoms with Crippen LogP contribution >= 0.6 is 0 Å². The number of carbonyl (C=O) groups excluding carboxylic acids is 2. The van der Waals surface area contributed by atoms with Crippen LogP contribution in [0.15, 0.2) is 66.9 Å². The summed E-state index contributed by atoms with van der Waals surface area (Å²) >= 11 is 0. The fraction of sp³-hybridized carbons (Fsp3) is 0.269. The number of benzene rings is 2. The van der Waals surface area contributed by atoms with E-state index in [0.717, 1.165) is 35.6 Å². The Hall–Kier alpha value is -3.87. The molecule has 1 aliphatic rings.